The van der Waals surface area contributed by atoms with Crippen LogP contribution in [-0.4, -0.2) is 12.1 Å². The van der Waals surface area contributed by atoms with E-state index in [0.717, 1.165) is 6.42 Å². The molecule has 2 N–H and O–H groups in total. The van der Waals surface area contributed by atoms with E-state index in [1.54, 1.807) is 18.2 Å². The first-order valence-electron chi connectivity index (χ1n) is 6.25. The summed E-state index contributed by atoms with van der Waals surface area (Å²) in [5.74, 6) is 0. The molecule has 0 spiro atoms. The van der Waals surface area contributed by atoms with Gasteiger partial charge in [0.15, 0.2) is 0 Å². The molecule has 0 aromatic carbocycles. The van der Waals surface area contributed by atoms with Crippen molar-refractivity contribution < 1.29 is 4.79 Å². The number of carbonyl (C=O) groups excluding carboxylic acids is 1. The lowest BCUT2D eigenvalue weighted by Gasteiger charge is -2.57. The zero-order valence-corrected chi connectivity index (χ0v) is 11.8. The van der Waals surface area contributed by atoms with Gasteiger partial charge < -0.3 is 10.6 Å². The number of hydrogen-bond donors (Lipinski definition) is 2. The first kappa shape index (κ1) is 14.6. The quantitative estimate of drug-likeness (QED) is 0.736. The summed E-state index contributed by atoms with van der Waals surface area (Å²) in [7, 11) is 0. The van der Waals surface area contributed by atoms with Crippen LogP contribution in [0.15, 0.2) is 37.1 Å². The van der Waals surface area contributed by atoms with Crippen LogP contribution in [0.5, 0.6) is 0 Å². The normalized spacial score (nSPS) is 21.7. The molecule has 100 valence electrons. The van der Waals surface area contributed by atoms with Crippen molar-refractivity contribution in [3.63, 3.8) is 0 Å². The molecule has 0 radical (unpaired) electrons. The summed E-state index contributed by atoms with van der Waals surface area (Å²) < 4.78 is 0. The molecule has 1 fully saturated rings. The van der Waals surface area contributed by atoms with Crippen LogP contribution in [0, 0.1) is 10.8 Å². The Kier molecular flexibility index (Phi) is 4.05. The molecule has 18 heavy (non-hydrogen) atoms. The molecule has 1 saturated carbocycles. The highest BCUT2D eigenvalue weighted by molar-refractivity contribution is 5.77. The van der Waals surface area contributed by atoms with Gasteiger partial charge in [-0.2, -0.15) is 0 Å². The van der Waals surface area contributed by atoms with E-state index in [9.17, 15) is 4.79 Å². The van der Waals surface area contributed by atoms with Crippen molar-refractivity contribution in [2.24, 2.45) is 10.8 Å². The number of rotatable bonds is 4. The molecular weight excluding hydrogens is 224 g/mol. The van der Waals surface area contributed by atoms with Gasteiger partial charge in [-0.1, -0.05) is 46.9 Å². The smallest absolute Gasteiger partial charge is 0.319 e. The van der Waals surface area contributed by atoms with Gasteiger partial charge in [0, 0.05) is 11.7 Å². The number of hydrogen-bond acceptors (Lipinski definition) is 1. The van der Waals surface area contributed by atoms with Crippen LogP contribution in [0.2, 0.25) is 0 Å². The molecule has 0 unspecified atom stereocenters. The first-order chi connectivity index (χ1) is 8.23. The Labute approximate surface area is 110 Å². The molecule has 3 heteroatoms. The lowest BCUT2D eigenvalue weighted by atomic mass is 9.52. The summed E-state index contributed by atoms with van der Waals surface area (Å²) in [4.78, 5) is 11.9. The standard InChI is InChI=1S/C15H24N2O/c1-7-9-11(8-2)16-13(18)17-12-14(3,4)10-15(12,5)6/h7-9,12H,1-2,10H2,3-6H3,(H2,16,17,18)/b11-9+. The highest BCUT2D eigenvalue weighted by Crippen LogP contribution is 2.53. The summed E-state index contributed by atoms with van der Waals surface area (Å²) in [6.45, 7) is 15.9. The number of urea groups is 1. The minimum atomic E-state index is -0.186. The highest BCUT2D eigenvalue weighted by atomic mass is 16.2. The topological polar surface area (TPSA) is 41.1 Å². The van der Waals surface area contributed by atoms with Crippen molar-refractivity contribution >= 4 is 6.03 Å². The third kappa shape index (κ3) is 3.03. The van der Waals surface area contributed by atoms with Gasteiger partial charge in [0.1, 0.15) is 0 Å². The molecule has 2 amide bonds. The highest BCUT2D eigenvalue weighted by Gasteiger charge is 2.53. The van der Waals surface area contributed by atoms with E-state index in [1.807, 2.05) is 0 Å². The van der Waals surface area contributed by atoms with E-state index in [0.29, 0.717) is 5.70 Å². The predicted octanol–water partition coefficient (Wildman–Crippen LogP) is 3.37. The summed E-state index contributed by atoms with van der Waals surface area (Å²) in [5.41, 5.74) is 0.951. The van der Waals surface area contributed by atoms with Crippen molar-refractivity contribution in [3.8, 4) is 0 Å². The molecule has 0 saturated heterocycles. The van der Waals surface area contributed by atoms with Crippen LogP contribution >= 0.6 is 0 Å². The second-order valence-corrected chi connectivity index (χ2v) is 6.25. The van der Waals surface area contributed by atoms with Crippen molar-refractivity contribution in [3.05, 3.63) is 37.1 Å². The second-order valence-electron chi connectivity index (χ2n) is 6.25. The zero-order valence-electron chi connectivity index (χ0n) is 11.8. The summed E-state index contributed by atoms with van der Waals surface area (Å²) >= 11 is 0. The molecule has 0 bridgehead atoms. The molecule has 1 rings (SSSR count). The van der Waals surface area contributed by atoms with Crippen molar-refractivity contribution in [2.75, 3.05) is 0 Å². The Bertz CT molecular complexity index is 377. The van der Waals surface area contributed by atoms with E-state index in [-0.39, 0.29) is 22.9 Å². The molecule has 0 aromatic rings. The monoisotopic (exact) mass is 248 g/mol. The average molecular weight is 248 g/mol. The lowest BCUT2D eigenvalue weighted by Crippen LogP contribution is -2.64. The van der Waals surface area contributed by atoms with E-state index in [1.165, 1.54) is 0 Å². The van der Waals surface area contributed by atoms with Gasteiger partial charge in [0.25, 0.3) is 0 Å². The van der Waals surface area contributed by atoms with E-state index in [2.05, 4.69) is 51.5 Å². The molecule has 0 aliphatic heterocycles. The largest absolute Gasteiger partial charge is 0.334 e. The van der Waals surface area contributed by atoms with E-state index in [4.69, 9.17) is 0 Å². The number of carbonyl (C=O) groups is 1. The van der Waals surface area contributed by atoms with Crippen LogP contribution in [0.1, 0.15) is 34.1 Å². The Morgan fingerprint density at radius 1 is 1.22 bits per heavy atom. The van der Waals surface area contributed by atoms with Gasteiger partial charge in [0.2, 0.25) is 0 Å². The Balaban J connectivity index is 2.63. The minimum Gasteiger partial charge on any atom is -0.334 e. The third-order valence-corrected chi connectivity index (χ3v) is 3.52. The average Bonchev–Trinajstić information content (AvgIpc) is 2.23. The molecule has 3 nitrogen and oxygen atoms in total. The van der Waals surface area contributed by atoms with Crippen LogP contribution in [0.4, 0.5) is 4.79 Å². The maximum Gasteiger partial charge on any atom is 0.319 e. The second kappa shape index (κ2) is 5.01. The fourth-order valence-corrected chi connectivity index (χ4v) is 3.28. The van der Waals surface area contributed by atoms with Crippen molar-refractivity contribution in [1.29, 1.82) is 0 Å². The van der Waals surface area contributed by atoms with Gasteiger partial charge in [-0.25, -0.2) is 4.79 Å². The van der Waals surface area contributed by atoms with Crippen LogP contribution < -0.4 is 10.6 Å². The van der Waals surface area contributed by atoms with Gasteiger partial charge in [0.05, 0.1) is 0 Å². The molecule has 0 atom stereocenters. The lowest BCUT2D eigenvalue weighted by molar-refractivity contribution is -0.0335. The van der Waals surface area contributed by atoms with E-state index >= 15 is 0 Å². The maximum absolute atomic E-state index is 11.9. The SMILES string of the molecule is C=C/C=C(\C=C)NC(=O)NC1C(C)(C)CC1(C)C. The molecule has 1 aliphatic rings. The van der Waals surface area contributed by atoms with Gasteiger partial charge in [-0.15, -0.1) is 0 Å². The van der Waals surface area contributed by atoms with Crippen molar-refractivity contribution in [1.82, 2.24) is 10.6 Å². The predicted molar refractivity (Wildman–Crippen MR) is 76.1 cm³/mol. The Hall–Kier alpha value is -1.51. The molecular formula is C15H24N2O. The summed E-state index contributed by atoms with van der Waals surface area (Å²) in [6, 6.07) is -0.00588. The Morgan fingerprint density at radius 2 is 1.78 bits per heavy atom. The summed E-state index contributed by atoms with van der Waals surface area (Å²) in [5, 5.41) is 5.81. The minimum absolute atomic E-state index is 0.150. The van der Waals surface area contributed by atoms with Gasteiger partial charge in [-0.05, 0) is 29.4 Å². The zero-order chi connectivity index (χ0) is 14.0. The van der Waals surface area contributed by atoms with Gasteiger partial charge in [-0.3, -0.25) is 0 Å². The summed E-state index contributed by atoms with van der Waals surface area (Å²) in [6.07, 6.45) is 6.04. The Morgan fingerprint density at radius 3 is 2.17 bits per heavy atom. The number of nitrogens with one attached hydrogen (secondary N) is 2. The molecule has 1 aliphatic carbocycles. The third-order valence-electron chi connectivity index (χ3n) is 3.52. The van der Waals surface area contributed by atoms with Crippen LogP contribution in [0.3, 0.4) is 0 Å². The fraction of sp³-hybridized carbons (Fsp3) is 0.533. The number of amides is 2. The van der Waals surface area contributed by atoms with Crippen LogP contribution in [0.25, 0.3) is 0 Å². The number of allylic oxidation sites excluding steroid dienone is 3. The van der Waals surface area contributed by atoms with Gasteiger partial charge >= 0.3 is 6.03 Å². The molecule has 0 aromatic heterocycles. The van der Waals surface area contributed by atoms with E-state index < -0.39 is 0 Å². The maximum atomic E-state index is 11.9. The fourth-order valence-electron chi connectivity index (χ4n) is 3.28. The van der Waals surface area contributed by atoms with Crippen LogP contribution in [-0.2, 0) is 0 Å². The first-order valence-corrected chi connectivity index (χ1v) is 6.25. The van der Waals surface area contributed by atoms with Crippen molar-refractivity contribution in [2.45, 2.75) is 40.2 Å². The molecule has 0 heterocycles.